The number of methoxy groups -OCH3 is 1. The smallest absolute Gasteiger partial charge is 0.268 e. The van der Waals surface area contributed by atoms with Crippen LogP contribution in [0.3, 0.4) is 0 Å². The van der Waals surface area contributed by atoms with E-state index in [1.54, 1.807) is 19.4 Å². The van der Waals surface area contributed by atoms with E-state index in [9.17, 15) is 9.59 Å². The van der Waals surface area contributed by atoms with Gasteiger partial charge in [-0.25, -0.2) is 4.68 Å². The van der Waals surface area contributed by atoms with Crippen molar-refractivity contribution in [2.45, 2.75) is 13.0 Å². The first-order valence-electron chi connectivity index (χ1n) is 8.87. The van der Waals surface area contributed by atoms with Crippen LogP contribution >= 0.6 is 0 Å². The molecule has 138 valence electrons. The third-order valence-electron chi connectivity index (χ3n) is 5.08. The van der Waals surface area contributed by atoms with Crippen molar-refractivity contribution in [3.05, 3.63) is 22.6 Å². The first-order valence-corrected chi connectivity index (χ1v) is 8.87. The Morgan fingerprint density at radius 1 is 1.28 bits per heavy atom. The van der Waals surface area contributed by atoms with Crippen LogP contribution in [0, 0.1) is 5.92 Å². The summed E-state index contributed by atoms with van der Waals surface area (Å²) >= 11 is 0. The number of aromatic nitrogens is 2. The number of anilines is 1. The summed E-state index contributed by atoms with van der Waals surface area (Å²) in [7, 11) is 3.68. The number of ether oxygens (including phenoxy) is 1. The molecule has 2 saturated heterocycles. The second-order valence-electron chi connectivity index (χ2n) is 6.83. The predicted octanol–water partition coefficient (Wildman–Crippen LogP) is -0.510. The first kappa shape index (κ1) is 17.9. The summed E-state index contributed by atoms with van der Waals surface area (Å²) in [5, 5.41) is 4.21. The standard InChI is InChI=1S/C17H27N5O3/c1-19-5-7-20(8-6-19)17(24)14-3-4-21(13-14)15-11-16(23)22(18-12-15)9-10-25-2/h11-12,14H,3-10,13H2,1-2H3. The lowest BCUT2D eigenvalue weighted by atomic mass is 10.1. The van der Waals surface area contributed by atoms with Crippen LogP contribution in [-0.4, -0.2) is 85.5 Å². The van der Waals surface area contributed by atoms with E-state index >= 15 is 0 Å². The molecule has 8 heteroatoms. The maximum atomic E-state index is 12.7. The van der Waals surface area contributed by atoms with Gasteiger partial charge in [0.05, 0.1) is 31.0 Å². The molecular weight excluding hydrogens is 322 g/mol. The summed E-state index contributed by atoms with van der Waals surface area (Å²) in [6, 6.07) is 1.60. The van der Waals surface area contributed by atoms with Crippen LogP contribution in [0.5, 0.6) is 0 Å². The average Bonchev–Trinajstić information content (AvgIpc) is 3.11. The average molecular weight is 349 g/mol. The fourth-order valence-corrected chi connectivity index (χ4v) is 3.42. The van der Waals surface area contributed by atoms with Crippen molar-refractivity contribution in [1.82, 2.24) is 19.6 Å². The molecule has 1 unspecified atom stereocenters. The molecule has 3 rings (SSSR count). The van der Waals surface area contributed by atoms with Crippen molar-refractivity contribution in [2.75, 3.05) is 64.9 Å². The number of carbonyl (C=O) groups is 1. The van der Waals surface area contributed by atoms with Crippen LogP contribution < -0.4 is 10.5 Å². The summed E-state index contributed by atoms with van der Waals surface area (Å²) in [6.45, 7) is 5.84. The van der Waals surface area contributed by atoms with Crippen molar-refractivity contribution in [3.63, 3.8) is 0 Å². The van der Waals surface area contributed by atoms with E-state index in [-0.39, 0.29) is 17.4 Å². The molecule has 0 aliphatic carbocycles. The molecule has 0 saturated carbocycles. The summed E-state index contributed by atoms with van der Waals surface area (Å²) < 4.78 is 6.38. The summed E-state index contributed by atoms with van der Waals surface area (Å²) in [6.07, 6.45) is 2.54. The van der Waals surface area contributed by atoms with Crippen molar-refractivity contribution in [2.24, 2.45) is 5.92 Å². The Morgan fingerprint density at radius 3 is 2.72 bits per heavy atom. The second kappa shape index (κ2) is 7.97. The highest BCUT2D eigenvalue weighted by atomic mass is 16.5. The largest absolute Gasteiger partial charge is 0.383 e. The number of rotatable bonds is 5. The number of hydrogen-bond acceptors (Lipinski definition) is 6. The third kappa shape index (κ3) is 4.19. The Labute approximate surface area is 147 Å². The Balaban J connectivity index is 1.60. The van der Waals surface area contributed by atoms with Gasteiger partial charge in [-0.15, -0.1) is 0 Å². The predicted molar refractivity (Wildman–Crippen MR) is 94.8 cm³/mol. The minimum absolute atomic E-state index is 0.0133. The number of carbonyl (C=O) groups excluding carboxylic acids is 1. The van der Waals surface area contributed by atoms with Crippen molar-refractivity contribution < 1.29 is 9.53 Å². The zero-order valence-corrected chi connectivity index (χ0v) is 15.1. The van der Waals surface area contributed by atoms with E-state index in [2.05, 4.69) is 21.9 Å². The van der Waals surface area contributed by atoms with Gasteiger partial charge in [0.15, 0.2) is 0 Å². The highest BCUT2D eigenvalue weighted by Crippen LogP contribution is 2.24. The molecule has 0 spiro atoms. The van der Waals surface area contributed by atoms with E-state index in [4.69, 9.17) is 4.74 Å². The van der Waals surface area contributed by atoms with Gasteiger partial charge in [-0.05, 0) is 13.5 Å². The van der Waals surface area contributed by atoms with Gasteiger partial charge < -0.3 is 19.4 Å². The molecule has 2 aliphatic rings. The van der Waals surface area contributed by atoms with E-state index in [1.807, 2.05) is 4.90 Å². The van der Waals surface area contributed by atoms with Gasteiger partial charge in [-0.2, -0.15) is 5.10 Å². The minimum atomic E-state index is -0.136. The van der Waals surface area contributed by atoms with Crippen LogP contribution in [0.1, 0.15) is 6.42 Å². The zero-order valence-electron chi connectivity index (χ0n) is 15.1. The van der Waals surface area contributed by atoms with E-state index in [0.717, 1.165) is 44.8 Å². The van der Waals surface area contributed by atoms with Crippen LogP contribution in [0.15, 0.2) is 17.1 Å². The van der Waals surface area contributed by atoms with Crippen LogP contribution in [-0.2, 0) is 16.1 Å². The van der Waals surface area contributed by atoms with E-state index in [0.29, 0.717) is 19.7 Å². The Bertz CT molecular complexity index is 654. The minimum Gasteiger partial charge on any atom is -0.383 e. The SMILES string of the molecule is COCCn1ncc(N2CCC(C(=O)N3CCN(C)CC3)C2)cc1=O. The van der Waals surface area contributed by atoms with Gasteiger partial charge in [0, 0.05) is 52.4 Å². The first-order chi connectivity index (χ1) is 12.1. The van der Waals surface area contributed by atoms with Gasteiger partial charge in [-0.1, -0.05) is 0 Å². The lowest BCUT2D eigenvalue weighted by Crippen LogP contribution is -2.49. The molecule has 0 N–H and O–H groups in total. The molecule has 1 amide bonds. The molecule has 0 aromatic carbocycles. The summed E-state index contributed by atoms with van der Waals surface area (Å²) in [5.41, 5.74) is 0.663. The Hall–Kier alpha value is -1.93. The number of likely N-dealkylation sites (N-methyl/N-ethyl adjacent to an activating group) is 1. The normalized spacial score (nSPS) is 21.8. The van der Waals surface area contributed by atoms with Gasteiger partial charge in [0.2, 0.25) is 5.91 Å². The number of nitrogens with zero attached hydrogens (tertiary/aromatic N) is 5. The molecule has 2 fully saturated rings. The maximum absolute atomic E-state index is 12.7. The van der Waals surface area contributed by atoms with Gasteiger partial charge >= 0.3 is 0 Å². The molecule has 2 aliphatic heterocycles. The molecule has 3 heterocycles. The second-order valence-corrected chi connectivity index (χ2v) is 6.83. The Morgan fingerprint density at radius 2 is 2.04 bits per heavy atom. The number of hydrogen-bond donors (Lipinski definition) is 0. The number of piperazine rings is 1. The fraction of sp³-hybridized carbons (Fsp3) is 0.706. The molecule has 1 aromatic rings. The lowest BCUT2D eigenvalue weighted by Gasteiger charge is -2.34. The monoisotopic (exact) mass is 349 g/mol. The third-order valence-corrected chi connectivity index (χ3v) is 5.08. The molecule has 8 nitrogen and oxygen atoms in total. The van der Waals surface area contributed by atoms with E-state index in [1.165, 1.54) is 4.68 Å². The summed E-state index contributed by atoms with van der Waals surface area (Å²) in [5.74, 6) is 0.260. The highest BCUT2D eigenvalue weighted by Gasteiger charge is 2.32. The topological polar surface area (TPSA) is 70.9 Å². The van der Waals surface area contributed by atoms with Crippen LogP contribution in [0.2, 0.25) is 0 Å². The molecule has 25 heavy (non-hydrogen) atoms. The lowest BCUT2D eigenvalue weighted by molar-refractivity contribution is -0.136. The molecule has 0 radical (unpaired) electrons. The van der Waals surface area contributed by atoms with Gasteiger partial charge in [0.1, 0.15) is 0 Å². The maximum Gasteiger partial charge on any atom is 0.268 e. The zero-order chi connectivity index (χ0) is 17.8. The van der Waals surface area contributed by atoms with Crippen molar-refractivity contribution in [3.8, 4) is 0 Å². The molecule has 0 bridgehead atoms. The fourth-order valence-electron chi connectivity index (χ4n) is 3.42. The van der Waals surface area contributed by atoms with Crippen molar-refractivity contribution >= 4 is 11.6 Å². The quantitative estimate of drug-likeness (QED) is 0.713. The number of amides is 1. The molecule has 1 atom stereocenters. The van der Waals surface area contributed by atoms with Crippen molar-refractivity contribution in [1.29, 1.82) is 0 Å². The molecule has 1 aromatic heterocycles. The summed E-state index contributed by atoms with van der Waals surface area (Å²) in [4.78, 5) is 31.2. The van der Waals surface area contributed by atoms with Gasteiger partial charge in [-0.3, -0.25) is 9.59 Å². The van der Waals surface area contributed by atoms with Crippen LogP contribution in [0.25, 0.3) is 0 Å². The molecular formula is C17H27N5O3. The van der Waals surface area contributed by atoms with Gasteiger partial charge in [0.25, 0.3) is 5.56 Å². The Kier molecular flexibility index (Phi) is 5.70. The highest BCUT2D eigenvalue weighted by molar-refractivity contribution is 5.80. The van der Waals surface area contributed by atoms with E-state index < -0.39 is 0 Å². The van der Waals surface area contributed by atoms with Crippen LogP contribution in [0.4, 0.5) is 5.69 Å².